The zero-order chi connectivity index (χ0) is 14.0. The van der Waals surface area contributed by atoms with Crippen LogP contribution in [0, 0.1) is 10.1 Å². The molecule has 19 heavy (non-hydrogen) atoms. The summed E-state index contributed by atoms with van der Waals surface area (Å²) >= 11 is 15.0. The van der Waals surface area contributed by atoms with Gasteiger partial charge in [0.25, 0.3) is 0 Å². The van der Waals surface area contributed by atoms with Crippen LogP contribution < -0.4 is 5.32 Å². The Balaban J connectivity index is 2.44. The number of benzene rings is 1. The van der Waals surface area contributed by atoms with Gasteiger partial charge in [-0.25, -0.2) is 9.97 Å². The molecule has 0 radical (unpaired) electrons. The fourth-order valence-electron chi connectivity index (χ4n) is 1.33. The van der Waals surface area contributed by atoms with Crippen LogP contribution in [-0.2, 0) is 0 Å². The molecule has 0 aliphatic rings. The molecular formula is C10H5BrCl2N4O2. The van der Waals surface area contributed by atoms with Gasteiger partial charge in [0.2, 0.25) is 11.0 Å². The maximum absolute atomic E-state index is 10.9. The number of nitrogens with one attached hydrogen (secondary N) is 1. The Kier molecular flexibility index (Phi) is 4.18. The number of anilines is 2. The minimum absolute atomic E-state index is 0.0192. The van der Waals surface area contributed by atoms with Crippen LogP contribution in [0.15, 0.2) is 29.0 Å². The van der Waals surface area contributed by atoms with Gasteiger partial charge in [0.05, 0.1) is 15.6 Å². The lowest BCUT2D eigenvalue weighted by atomic mass is 10.3. The van der Waals surface area contributed by atoms with Gasteiger partial charge in [-0.2, -0.15) is 0 Å². The molecule has 0 saturated heterocycles. The topological polar surface area (TPSA) is 81.0 Å². The molecule has 0 unspecified atom stereocenters. The molecule has 2 rings (SSSR count). The Labute approximate surface area is 126 Å². The SMILES string of the molecule is O=[N+]([O-])c1c(Cl)ncnc1Nc1ccc(Br)cc1Cl. The van der Waals surface area contributed by atoms with Gasteiger partial charge >= 0.3 is 5.69 Å². The van der Waals surface area contributed by atoms with Crippen molar-refractivity contribution in [1.82, 2.24) is 9.97 Å². The average molecular weight is 364 g/mol. The summed E-state index contributed by atoms with van der Waals surface area (Å²) in [6, 6.07) is 5.05. The van der Waals surface area contributed by atoms with Gasteiger partial charge in [-0.15, -0.1) is 0 Å². The van der Waals surface area contributed by atoms with Crippen LogP contribution in [-0.4, -0.2) is 14.9 Å². The molecule has 0 amide bonds. The van der Waals surface area contributed by atoms with E-state index in [-0.39, 0.29) is 11.0 Å². The number of aromatic nitrogens is 2. The van der Waals surface area contributed by atoms with Crippen LogP contribution >= 0.6 is 39.1 Å². The van der Waals surface area contributed by atoms with E-state index in [0.29, 0.717) is 10.7 Å². The van der Waals surface area contributed by atoms with Crippen LogP contribution in [0.5, 0.6) is 0 Å². The Hall–Kier alpha value is -1.44. The summed E-state index contributed by atoms with van der Waals surface area (Å²) < 4.78 is 0.790. The number of rotatable bonds is 3. The van der Waals surface area contributed by atoms with E-state index in [1.807, 2.05) is 0 Å². The van der Waals surface area contributed by atoms with Crippen molar-refractivity contribution in [1.29, 1.82) is 0 Å². The van der Waals surface area contributed by atoms with E-state index in [0.717, 1.165) is 10.8 Å². The molecule has 0 aliphatic carbocycles. The second-order valence-electron chi connectivity index (χ2n) is 3.37. The minimum Gasteiger partial charge on any atom is -0.333 e. The molecule has 0 aliphatic heterocycles. The summed E-state index contributed by atoms with van der Waals surface area (Å²) in [5.41, 5.74) is 0.0749. The highest BCUT2D eigenvalue weighted by atomic mass is 79.9. The Morgan fingerprint density at radius 1 is 1.32 bits per heavy atom. The lowest BCUT2D eigenvalue weighted by Crippen LogP contribution is -2.01. The third kappa shape index (κ3) is 3.12. The molecule has 9 heteroatoms. The molecule has 0 saturated carbocycles. The highest BCUT2D eigenvalue weighted by molar-refractivity contribution is 9.10. The van der Waals surface area contributed by atoms with Crippen LogP contribution in [0.4, 0.5) is 17.2 Å². The van der Waals surface area contributed by atoms with Gasteiger partial charge in [0.15, 0.2) is 0 Å². The summed E-state index contributed by atoms with van der Waals surface area (Å²) in [7, 11) is 0. The smallest absolute Gasteiger partial charge is 0.333 e. The van der Waals surface area contributed by atoms with Gasteiger partial charge < -0.3 is 5.32 Å². The lowest BCUT2D eigenvalue weighted by Gasteiger charge is -2.08. The van der Waals surface area contributed by atoms with E-state index in [1.165, 1.54) is 0 Å². The van der Waals surface area contributed by atoms with E-state index in [1.54, 1.807) is 18.2 Å². The summed E-state index contributed by atoms with van der Waals surface area (Å²) in [5, 5.41) is 13.8. The third-order valence-corrected chi connectivity index (χ3v) is 3.23. The quantitative estimate of drug-likeness (QED) is 0.502. The standard InChI is InChI=1S/C10H5BrCl2N4O2/c11-5-1-2-7(6(12)3-5)16-10-8(17(18)19)9(13)14-4-15-10/h1-4H,(H,14,15,16). The lowest BCUT2D eigenvalue weighted by molar-refractivity contribution is -0.384. The van der Waals surface area contributed by atoms with E-state index in [4.69, 9.17) is 23.2 Å². The second-order valence-corrected chi connectivity index (χ2v) is 5.05. The predicted molar refractivity (Wildman–Crippen MR) is 76.1 cm³/mol. The van der Waals surface area contributed by atoms with Gasteiger partial charge in [-0.1, -0.05) is 39.1 Å². The van der Waals surface area contributed by atoms with Gasteiger partial charge in [0.1, 0.15) is 6.33 Å². The zero-order valence-corrected chi connectivity index (χ0v) is 12.2. The highest BCUT2D eigenvalue weighted by Gasteiger charge is 2.22. The molecule has 1 aromatic carbocycles. The van der Waals surface area contributed by atoms with E-state index in [2.05, 4.69) is 31.2 Å². The van der Waals surface area contributed by atoms with Crippen molar-refractivity contribution in [3.05, 3.63) is 49.3 Å². The zero-order valence-electron chi connectivity index (χ0n) is 9.10. The number of halogens is 3. The summed E-state index contributed by atoms with van der Waals surface area (Å²) in [6.45, 7) is 0. The van der Waals surface area contributed by atoms with Crippen molar-refractivity contribution < 1.29 is 4.92 Å². The summed E-state index contributed by atoms with van der Waals surface area (Å²) in [6.07, 6.45) is 1.13. The molecule has 0 atom stereocenters. The molecule has 6 nitrogen and oxygen atoms in total. The normalized spacial score (nSPS) is 10.3. The molecule has 2 aromatic rings. The van der Waals surface area contributed by atoms with E-state index in [9.17, 15) is 10.1 Å². The van der Waals surface area contributed by atoms with Crippen molar-refractivity contribution in [2.24, 2.45) is 0 Å². The van der Waals surface area contributed by atoms with Crippen molar-refractivity contribution in [3.63, 3.8) is 0 Å². The van der Waals surface area contributed by atoms with Crippen molar-refractivity contribution in [2.45, 2.75) is 0 Å². The third-order valence-electron chi connectivity index (χ3n) is 2.14. The van der Waals surface area contributed by atoms with Crippen LogP contribution in [0.25, 0.3) is 0 Å². The van der Waals surface area contributed by atoms with Gasteiger partial charge in [-0.3, -0.25) is 10.1 Å². The fourth-order valence-corrected chi connectivity index (χ4v) is 2.25. The number of hydrogen-bond acceptors (Lipinski definition) is 5. The maximum atomic E-state index is 10.9. The van der Waals surface area contributed by atoms with Crippen LogP contribution in [0.2, 0.25) is 10.2 Å². The second kappa shape index (κ2) is 5.68. The Morgan fingerprint density at radius 2 is 2.05 bits per heavy atom. The van der Waals surface area contributed by atoms with Crippen molar-refractivity contribution in [3.8, 4) is 0 Å². The molecule has 1 aromatic heterocycles. The minimum atomic E-state index is -0.655. The van der Waals surface area contributed by atoms with E-state index < -0.39 is 10.6 Å². The first kappa shape index (κ1) is 14.0. The van der Waals surface area contributed by atoms with Gasteiger partial charge in [0, 0.05) is 4.47 Å². The number of hydrogen-bond donors (Lipinski definition) is 1. The molecule has 0 spiro atoms. The number of nitrogens with zero attached hydrogens (tertiary/aromatic N) is 3. The predicted octanol–water partition coefficient (Wildman–Crippen LogP) is 4.20. The first-order valence-electron chi connectivity index (χ1n) is 4.86. The molecule has 0 bridgehead atoms. The maximum Gasteiger partial charge on any atom is 0.348 e. The fraction of sp³-hybridized carbons (Fsp3) is 0. The average Bonchev–Trinajstić information content (AvgIpc) is 2.32. The first-order chi connectivity index (χ1) is 8.99. The van der Waals surface area contributed by atoms with Gasteiger partial charge in [-0.05, 0) is 18.2 Å². The van der Waals surface area contributed by atoms with Crippen LogP contribution in [0.3, 0.4) is 0 Å². The van der Waals surface area contributed by atoms with Crippen molar-refractivity contribution >= 4 is 56.3 Å². The number of nitro groups is 1. The molecule has 98 valence electrons. The molecule has 0 fully saturated rings. The monoisotopic (exact) mass is 362 g/mol. The van der Waals surface area contributed by atoms with Crippen LogP contribution in [0.1, 0.15) is 0 Å². The summed E-state index contributed by atoms with van der Waals surface area (Å²) in [5.74, 6) is -0.0192. The van der Waals surface area contributed by atoms with Crippen molar-refractivity contribution in [2.75, 3.05) is 5.32 Å². The Bertz CT molecular complexity index is 653. The summed E-state index contributed by atoms with van der Waals surface area (Å²) in [4.78, 5) is 17.6. The first-order valence-corrected chi connectivity index (χ1v) is 6.41. The highest BCUT2D eigenvalue weighted by Crippen LogP contribution is 2.33. The molecular weight excluding hydrogens is 359 g/mol. The molecule has 1 heterocycles. The van der Waals surface area contributed by atoms with E-state index >= 15 is 0 Å². The molecule has 1 N–H and O–H groups in total. The largest absolute Gasteiger partial charge is 0.348 e. The Morgan fingerprint density at radius 3 is 2.68 bits per heavy atom.